The Bertz CT molecular complexity index is 780. The Balaban J connectivity index is 1.26. The van der Waals surface area contributed by atoms with Crippen molar-refractivity contribution in [3.8, 4) is 0 Å². The van der Waals surface area contributed by atoms with Gasteiger partial charge >= 0.3 is 0 Å². The third kappa shape index (κ3) is 2.56. The summed E-state index contributed by atoms with van der Waals surface area (Å²) in [6.07, 6.45) is 10.9. The van der Waals surface area contributed by atoms with Crippen LogP contribution in [0.25, 0.3) is 0 Å². The summed E-state index contributed by atoms with van der Waals surface area (Å²) in [5, 5.41) is 4.53. The summed E-state index contributed by atoms with van der Waals surface area (Å²) >= 11 is 0. The second kappa shape index (κ2) is 6.07. The highest BCUT2D eigenvalue weighted by Crippen LogP contribution is 2.60. The fourth-order valence-corrected chi connectivity index (χ4v) is 7.54. The van der Waals surface area contributed by atoms with Crippen LogP contribution in [0.15, 0.2) is 12.3 Å². The molecule has 1 aromatic rings. The smallest absolute Gasteiger partial charge is 0.229 e. The average molecular weight is 383 g/mol. The van der Waals surface area contributed by atoms with Crippen molar-refractivity contribution in [1.29, 1.82) is 0 Å². The highest BCUT2D eigenvalue weighted by Gasteiger charge is 2.56. The Labute approximate surface area is 166 Å². The fourth-order valence-electron chi connectivity index (χ4n) is 7.54. The first kappa shape index (κ1) is 17.0. The van der Waals surface area contributed by atoms with E-state index in [4.69, 9.17) is 0 Å². The maximum atomic E-state index is 13.8. The first-order chi connectivity index (χ1) is 13.6. The summed E-state index contributed by atoms with van der Waals surface area (Å²) in [7, 11) is 0. The average Bonchev–Trinajstić information content (AvgIpc) is 3.29. The van der Waals surface area contributed by atoms with Gasteiger partial charge in [-0.3, -0.25) is 14.3 Å². The van der Waals surface area contributed by atoms with Crippen LogP contribution in [-0.2, 0) is 16.1 Å². The summed E-state index contributed by atoms with van der Waals surface area (Å²) in [6, 6.07) is 2.12. The highest BCUT2D eigenvalue weighted by atomic mass is 16.2. The lowest BCUT2D eigenvalue weighted by Gasteiger charge is -2.57. The van der Waals surface area contributed by atoms with Crippen molar-refractivity contribution in [2.75, 3.05) is 19.6 Å². The van der Waals surface area contributed by atoms with Gasteiger partial charge in [-0.2, -0.15) is 5.10 Å². The largest absolute Gasteiger partial charge is 0.340 e. The molecule has 4 aliphatic carbocycles. The number of likely N-dealkylation sites (tertiary alicyclic amines) is 1. The molecule has 6 aliphatic rings. The van der Waals surface area contributed by atoms with Crippen molar-refractivity contribution in [3.63, 3.8) is 0 Å². The van der Waals surface area contributed by atoms with E-state index in [0.29, 0.717) is 32.0 Å². The standard InChI is InChI=1S/C22H30N4O2/c27-20-2-1-5-24(20)13-19-14-25(12-18-3-4-23-26(18)19)21(28)22-9-15-6-16(10-22)8-17(7-15)11-22/h3-4,15-17,19H,1-2,5-14H2. The van der Waals surface area contributed by atoms with Crippen molar-refractivity contribution < 1.29 is 9.59 Å². The monoisotopic (exact) mass is 382 g/mol. The predicted octanol–water partition coefficient (Wildman–Crippen LogP) is 2.61. The number of aromatic nitrogens is 2. The summed E-state index contributed by atoms with van der Waals surface area (Å²) in [5.41, 5.74) is 1.02. The van der Waals surface area contributed by atoms with E-state index in [1.54, 1.807) is 0 Å². The molecule has 2 aliphatic heterocycles. The van der Waals surface area contributed by atoms with Gasteiger partial charge in [0.05, 0.1) is 23.7 Å². The molecule has 4 bridgehead atoms. The number of carbonyl (C=O) groups excluding carboxylic acids is 2. The Hall–Kier alpha value is -1.85. The predicted molar refractivity (Wildman–Crippen MR) is 103 cm³/mol. The van der Waals surface area contributed by atoms with Crippen LogP contribution >= 0.6 is 0 Å². The molecule has 0 aromatic carbocycles. The zero-order valence-electron chi connectivity index (χ0n) is 16.6. The number of hydrogen-bond acceptors (Lipinski definition) is 3. The first-order valence-corrected chi connectivity index (χ1v) is 11.2. The van der Waals surface area contributed by atoms with Gasteiger partial charge < -0.3 is 9.80 Å². The van der Waals surface area contributed by atoms with E-state index >= 15 is 0 Å². The van der Waals surface area contributed by atoms with Crippen LogP contribution in [0.5, 0.6) is 0 Å². The van der Waals surface area contributed by atoms with Crippen LogP contribution < -0.4 is 0 Å². The lowest BCUT2D eigenvalue weighted by molar-refractivity contribution is -0.160. The van der Waals surface area contributed by atoms with E-state index < -0.39 is 0 Å². The van der Waals surface area contributed by atoms with E-state index in [2.05, 4.69) is 14.7 Å². The van der Waals surface area contributed by atoms with Gasteiger partial charge in [0, 0.05) is 32.3 Å². The van der Waals surface area contributed by atoms with Crippen molar-refractivity contribution in [3.05, 3.63) is 18.0 Å². The Morgan fingerprint density at radius 1 is 1.14 bits per heavy atom. The lowest BCUT2D eigenvalue weighted by Crippen LogP contribution is -2.56. The molecule has 1 atom stereocenters. The fraction of sp³-hybridized carbons (Fsp3) is 0.773. The molecule has 5 fully saturated rings. The van der Waals surface area contributed by atoms with E-state index in [9.17, 15) is 9.59 Å². The molecule has 28 heavy (non-hydrogen) atoms. The van der Waals surface area contributed by atoms with Gasteiger partial charge in [0.2, 0.25) is 11.8 Å². The number of rotatable bonds is 3. The number of nitrogens with zero attached hydrogens (tertiary/aromatic N) is 4. The van der Waals surface area contributed by atoms with Gasteiger partial charge in [-0.25, -0.2) is 0 Å². The molecule has 6 heteroatoms. The lowest BCUT2D eigenvalue weighted by atomic mass is 9.49. The molecule has 6 nitrogen and oxygen atoms in total. The molecule has 0 spiro atoms. The third-order valence-corrected chi connectivity index (χ3v) is 8.26. The number of hydrogen-bond donors (Lipinski definition) is 0. The zero-order chi connectivity index (χ0) is 18.9. The molecular weight excluding hydrogens is 352 g/mol. The molecule has 1 unspecified atom stereocenters. The molecule has 2 amide bonds. The van der Waals surface area contributed by atoms with E-state index in [-0.39, 0.29) is 17.4 Å². The van der Waals surface area contributed by atoms with Crippen LogP contribution in [0, 0.1) is 23.2 Å². The van der Waals surface area contributed by atoms with E-state index in [1.165, 1.54) is 19.3 Å². The molecule has 4 saturated carbocycles. The minimum Gasteiger partial charge on any atom is -0.340 e. The molecule has 0 N–H and O–H groups in total. The van der Waals surface area contributed by atoms with Gasteiger partial charge in [0.25, 0.3) is 0 Å². The van der Waals surface area contributed by atoms with Crippen LogP contribution in [0.2, 0.25) is 0 Å². The van der Waals surface area contributed by atoms with Gasteiger partial charge in [-0.1, -0.05) is 0 Å². The molecule has 1 aromatic heterocycles. The molecule has 1 saturated heterocycles. The highest BCUT2D eigenvalue weighted by molar-refractivity contribution is 5.83. The van der Waals surface area contributed by atoms with Crippen molar-refractivity contribution >= 4 is 11.8 Å². The molecular formula is C22H30N4O2. The Kier molecular flexibility index (Phi) is 3.70. The van der Waals surface area contributed by atoms with Crippen molar-refractivity contribution in [2.24, 2.45) is 23.2 Å². The normalized spacial score (nSPS) is 38.9. The number of carbonyl (C=O) groups is 2. The van der Waals surface area contributed by atoms with E-state index in [1.807, 2.05) is 17.2 Å². The SMILES string of the molecule is O=C1CCCN1CC1CN(C(=O)C23CC4CC(CC(C4)C2)C3)Cc2ccnn21. The summed E-state index contributed by atoms with van der Waals surface area (Å²) < 4.78 is 2.06. The molecule has 150 valence electrons. The van der Waals surface area contributed by atoms with Crippen LogP contribution in [0.3, 0.4) is 0 Å². The second-order valence-electron chi connectivity index (χ2n) is 10.2. The molecule has 0 radical (unpaired) electrons. The zero-order valence-corrected chi connectivity index (χ0v) is 16.6. The minimum atomic E-state index is -0.0923. The third-order valence-electron chi connectivity index (χ3n) is 8.26. The van der Waals surface area contributed by atoms with Gasteiger partial charge in [-0.05, 0) is 68.8 Å². The van der Waals surface area contributed by atoms with E-state index in [0.717, 1.165) is 55.7 Å². The van der Waals surface area contributed by atoms with Crippen molar-refractivity contribution in [2.45, 2.75) is 64.0 Å². The van der Waals surface area contributed by atoms with Crippen LogP contribution in [0.4, 0.5) is 0 Å². The molecule has 7 rings (SSSR count). The summed E-state index contributed by atoms with van der Waals surface area (Å²) in [5.74, 6) is 2.99. The summed E-state index contributed by atoms with van der Waals surface area (Å²) in [4.78, 5) is 30.1. The summed E-state index contributed by atoms with van der Waals surface area (Å²) in [6.45, 7) is 2.89. The quantitative estimate of drug-likeness (QED) is 0.807. The van der Waals surface area contributed by atoms with Crippen LogP contribution in [0.1, 0.15) is 63.1 Å². The second-order valence-corrected chi connectivity index (χ2v) is 10.2. The van der Waals surface area contributed by atoms with Gasteiger partial charge in [-0.15, -0.1) is 0 Å². The minimum absolute atomic E-state index is 0.0821. The Morgan fingerprint density at radius 3 is 2.50 bits per heavy atom. The maximum absolute atomic E-state index is 13.8. The van der Waals surface area contributed by atoms with Crippen molar-refractivity contribution in [1.82, 2.24) is 19.6 Å². The number of fused-ring (bicyclic) bond motifs is 1. The van der Waals surface area contributed by atoms with Gasteiger partial charge in [0.1, 0.15) is 0 Å². The van der Waals surface area contributed by atoms with Crippen LogP contribution in [-0.4, -0.2) is 51.0 Å². The number of amides is 2. The first-order valence-electron chi connectivity index (χ1n) is 11.2. The molecule has 3 heterocycles. The maximum Gasteiger partial charge on any atom is 0.229 e. The van der Waals surface area contributed by atoms with Gasteiger partial charge in [0.15, 0.2) is 0 Å². The Morgan fingerprint density at radius 2 is 1.86 bits per heavy atom. The topological polar surface area (TPSA) is 58.4 Å².